The molecule has 49 heavy (non-hydrogen) atoms. The minimum absolute atomic E-state index is 0.0880. The van der Waals surface area contributed by atoms with Gasteiger partial charge in [0.25, 0.3) is 0 Å². The van der Waals surface area contributed by atoms with Crippen LogP contribution in [0.15, 0.2) is 97.1 Å². The van der Waals surface area contributed by atoms with Gasteiger partial charge in [-0.25, -0.2) is 4.57 Å². The van der Waals surface area contributed by atoms with E-state index in [9.17, 15) is 20.4 Å². The highest BCUT2D eigenvalue weighted by Gasteiger charge is 2.00. The van der Waals surface area contributed by atoms with Crippen molar-refractivity contribution in [3.63, 3.8) is 0 Å². The largest absolute Gasteiger partial charge is 0.508 e. The molecule has 266 valence electrons. The molecule has 0 fully saturated rings. The fourth-order valence-corrected chi connectivity index (χ4v) is 3.72. The molecule has 0 spiro atoms. The molecular weight excluding hydrogens is 647 g/mol. The van der Waals surface area contributed by atoms with Gasteiger partial charge in [0.15, 0.2) is 0 Å². The Hall–Kier alpha value is -4.99. The van der Waals surface area contributed by atoms with Gasteiger partial charge in [0.1, 0.15) is 34.5 Å². The summed E-state index contributed by atoms with van der Waals surface area (Å²) in [4.78, 5) is 21.6. The zero-order valence-corrected chi connectivity index (χ0v) is 30.0. The summed E-state index contributed by atoms with van der Waals surface area (Å²) in [6, 6.07) is 28.7. The van der Waals surface area contributed by atoms with Crippen LogP contribution in [-0.2, 0) is 4.57 Å². The van der Waals surface area contributed by atoms with Crippen molar-refractivity contribution in [2.75, 3.05) is 0 Å². The zero-order valence-electron chi connectivity index (χ0n) is 29.1. The summed E-state index contributed by atoms with van der Waals surface area (Å²) >= 11 is 0. The van der Waals surface area contributed by atoms with E-state index >= 15 is 0 Å². The van der Waals surface area contributed by atoms with Gasteiger partial charge in [-0.2, -0.15) is 0 Å². The van der Waals surface area contributed by atoms with Crippen LogP contribution in [-0.4, -0.2) is 45.3 Å². The number of para-hydroxylation sites is 4. The van der Waals surface area contributed by atoms with Crippen molar-refractivity contribution in [1.29, 1.82) is 0 Å². The number of phosphoric acid groups is 1. The Bertz CT molecular complexity index is 1480. The lowest BCUT2D eigenvalue weighted by molar-refractivity contribution is 0.275. The standard InChI is InChI=1S/4C8H10O.C6H6O2.H3O4P/c4*1-6-4-3-5-7(2)8(6)9;7-5-2-1-3-6(8)4-5;1-5(2,3)4/h4*3-5,9H,1-2H3;1-4,7-8H;(H3,1,2,3,4). The van der Waals surface area contributed by atoms with Gasteiger partial charge in [0.2, 0.25) is 0 Å². The van der Waals surface area contributed by atoms with Gasteiger partial charge >= 0.3 is 7.82 Å². The number of rotatable bonds is 0. The van der Waals surface area contributed by atoms with Crippen LogP contribution in [0, 0.1) is 55.4 Å². The highest BCUT2D eigenvalue weighted by Crippen LogP contribution is 2.26. The molecule has 11 heteroatoms. The highest BCUT2D eigenvalue weighted by atomic mass is 31.2. The summed E-state index contributed by atoms with van der Waals surface area (Å²) in [6.45, 7) is 15.1. The Morgan fingerprint density at radius 1 is 0.347 bits per heavy atom. The number of phenolic OH excluding ortho intramolecular Hbond substituents is 6. The molecule has 0 aromatic heterocycles. The second-order valence-corrected chi connectivity index (χ2v) is 12.0. The van der Waals surface area contributed by atoms with Crippen LogP contribution in [0.4, 0.5) is 0 Å². The molecule has 5 rings (SSSR count). The molecule has 0 radical (unpaired) electrons. The number of hydrogen-bond donors (Lipinski definition) is 9. The number of phenols is 6. The predicted molar refractivity (Wildman–Crippen MR) is 194 cm³/mol. The van der Waals surface area contributed by atoms with Crippen LogP contribution in [0.3, 0.4) is 0 Å². The van der Waals surface area contributed by atoms with Crippen LogP contribution < -0.4 is 0 Å². The van der Waals surface area contributed by atoms with Crippen LogP contribution in [0.1, 0.15) is 44.5 Å². The van der Waals surface area contributed by atoms with Crippen molar-refractivity contribution in [2.45, 2.75) is 55.4 Å². The SMILES string of the molecule is Cc1cccc(C)c1O.Cc1cccc(C)c1O.Cc1cccc(C)c1O.Cc1cccc(C)c1O.O=P(O)(O)O.Oc1cccc(O)c1. The first-order chi connectivity index (χ1) is 22.6. The van der Waals surface area contributed by atoms with E-state index in [0.29, 0.717) is 23.0 Å². The maximum Gasteiger partial charge on any atom is 0.466 e. The van der Waals surface area contributed by atoms with Gasteiger partial charge in [-0.1, -0.05) is 78.9 Å². The molecule has 9 N–H and O–H groups in total. The van der Waals surface area contributed by atoms with Gasteiger partial charge in [-0.3, -0.25) is 0 Å². The van der Waals surface area contributed by atoms with Crippen molar-refractivity contribution < 1.29 is 49.9 Å². The first kappa shape index (κ1) is 44.0. The molecule has 0 saturated heterocycles. The van der Waals surface area contributed by atoms with Crippen molar-refractivity contribution in [3.05, 3.63) is 142 Å². The molecule has 5 aromatic carbocycles. The molecule has 0 saturated carbocycles. The quantitative estimate of drug-likeness (QED) is 0.0711. The Morgan fingerprint density at radius 3 is 0.592 bits per heavy atom. The number of benzene rings is 5. The Labute approximate surface area is 288 Å². The number of aromatic hydroxyl groups is 6. The summed E-state index contributed by atoms with van der Waals surface area (Å²) in [7, 11) is -4.64. The summed E-state index contributed by atoms with van der Waals surface area (Å²) in [5.74, 6) is 1.83. The van der Waals surface area contributed by atoms with Crippen molar-refractivity contribution in [1.82, 2.24) is 0 Å². The van der Waals surface area contributed by atoms with Gasteiger partial charge in [-0.15, -0.1) is 0 Å². The topological polar surface area (TPSA) is 199 Å². The zero-order chi connectivity index (χ0) is 37.9. The average Bonchev–Trinajstić information content (AvgIpc) is 3.00. The van der Waals surface area contributed by atoms with Gasteiger partial charge in [0.05, 0.1) is 0 Å². The summed E-state index contributed by atoms with van der Waals surface area (Å²) in [6.07, 6.45) is 0. The van der Waals surface area contributed by atoms with Crippen molar-refractivity contribution >= 4 is 7.82 Å². The van der Waals surface area contributed by atoms with Gasteiger partial charge in [-0.05, 0) is 112 Å². The molecule has 0 aliphatic rings. The normalized spacial score (nSPS) is 9.69. The molecular formula is C38H49O10P. The lowest BCUT2D eigenvalue weighted by atomic mass is 10.1. The van der Waals surface area contributed by atoms with E-state index in [4.69, 9.17) is 29.5 Å². The van der Waals surface area contributed by atoms with Crippen LogP contribution in [0.2, 0.25) is 0 Å². The fraction of sp³-hybridized carbons (Fsp3) is 0.211. The molecule has 5 aromatic rings. The molecule has 0 bridgehead atoms. The molecule has 0 amide bonds. The van der Waals surface area contributed by atoms with Crippen molar-refractivity contribution in [2.24, 2.45) is 0 Å². The minimum atomic E-state index is -4.64. The van der Waals surface area contributed by atoms with Gasteiger partial charge in [0, 0.05) is 6.07 Å². The maximum absolute atomic E-state index is 9.21. The third-order valence-electron chi connectivity index (χ3n) is 6.59. The lowest BCUT2D eigenvalue weighted by Crippen LogP contribution is -1.76. The van der Waals surface area contributed by atoms with Crippen LogP contribution in [0.25, 0.3) is 0 Å². The summed E-state index contributed by atoms with van der Waals surface area (Å²) in [5, 5.41) is 54.1. The maximum atomic E-state index is 9.21. The van der Waals surface area contributed by atoms with E-state index in [1.54, 1.807) is 6.07 Å². The number of aryl methyl sites for hydroxylation is 8. The molecule has 0 unspecified atom stereocenters. The summed E-state index contributed by atoms with van der Waals surface area (Å²) < 4.78 is 8.88. The Balaban J connectivity index is 0.000000569. The first-order valence-electron chi connectivity index (χ1n) is 14.9. The Morgan fingerprint density at radius 2 is 0.490 bits per heavy atom. The van der Waals surface area contributed by atoms with E-state index in [1.165, 1.54) is 18.2 Å². The third kappa shape index (κ3) is 19.4. The monoisotopic (exact) mass is 696 g/mol. The van der Waals surface area contributed by atoms with E-state index in [0.717, 1.165) is 44.5 Å². The second-order valence-electron chi connectivity index (χ2n) is 11.0. The first-order valence-corrected chi connectivity index (χ1v) is 16.5. The molecule has 0 aliphatic carbocycles. The molecule has 0 aliphatic heterocycles. The summed E-state index contributed by atoms with van der Waals surface area (Å²) in [5.41, 5.74) is 7.52. The fourth-order valence-electron chi connectivity index (χ4n) is 3.72. The highest BCUT2D eigenvalue weighted by molar-refractivity contribution is 7.45. The van der Waals surface area contributed by atoms with Gasteiger partial charge < -0.3 is 45.3 Å². The van der Waals surface area contributed by atoms with E-state index in [2.05, 4.69) is 0 Å². The molecule has 0 heterocycles. The van der Waals surface area contributed by atoms with Crippen molar-refractivity contribution in [3.8, 4) is 34.5 Å². The molecule has 0 atom stereocenters. The van der Waals surface area contributed by atoms with E-state index in [1.807, 2.05) is 128 Å². The Kier molecular flexibility index (Phi) is 19.6. The lowest BCUT2D eigenvalue weighted by Gasteiger charge is -1.99. The average molecular weight is 697 g/mol. The molecule has 10 nitrogen and oxygen atoms in total. The minimum Gasteiger partial charge on any atom is -0.508 e. The van der Waals surface area contributed by atoms with E-state index < -0.39 is 7.82 Å². The van der Waals surface area contributed by atoms with Crippen LogP contribution >= 0.6 is 7.82 Å². The predicted octanol–water partition coefficient (Wildman–Crippen LogP) is 8.21. The number of hydrogen-bond acceptors (Lipinski definition) is 7. The second kappa shape index (κ2) is 21.8. The van der Waals surface area contributed by atoms with E-state index in [-0.39, 0.29) is 11.5 Å². The van der Waals surface area contributed by atoms with Crippen LogP contribution in [0.5, 0.6) is 34.5 Å². The smallest absolute Gasteiger partial charge is 0.466 e. The third-order valence-corrected chi connectivity index (χ3v) is 6.59.